The van der Waals surface area contributed by atoms with Crippen LogP contribution in [0.4, 0.5) is 10.2 Å². The van der Waals surface area contributed by atoms with E-state index in [1.54, 1.807) is 19.1 Å². The number of aromatic nitrogens is 1. The second kappa shape index (κ2) is 8.62. The second-order valence-electron chi connectivity index (χ2n) is 6.47. The van der Waals surface area contributed by atoms with Gasteiger partial charge >= 0.3 is 0 Å². The molecule has 1 fully saturated rings. The number of nitrogens with zero attached hydrogens (tertiary/aromatic N) is 3. The standard InChI is InChI=1S/C18H22ClFN4O2/c1-13-10-17(22-26-13)21-18(25)4-5-23-6-8-24(9-7-23)12-14-2-3-15(20)11-16(14)19/h2-3,10-11H,4-9,12H2,1H3,(H,21,22,25). The topological polar surface area (TPSA) is 61.6 Å². The molecule has 2 aromatic rings. The van der Waals surface area contributed by atoms with Crippen molar-refractivity contribution in [3.05, 3.63) is 46.4 Å². The molecule has 2 heterocycles. The number of carbonyl (C=O) groups is 1. The average molecular weight is 381 g/mol. The number of carbonyl (C=O) groups excluding carboxylic acids is 1. The minimum Gasteiger partial charge on any atom is -0.360 e. The number of nitrogens with one attached hydrogen (secondary N) is 1. The van der Waals surface area contributed by atoms with Crippen LogP contribution < -0.4 is 5.32 Å². The molecule has 0 saturated carbocycles. The van der Waals surface area contributed by atoms with E-state index in [0.29, 0.717) is 36.1 Å². The average Bonchev–Trinajstić information content (AvgIpc) is 3.01. The smallest absolute Gasteiger partial charge is 0.226 e. The highest BCUT2D eigenvalue weighted by atomic mass is 35.5. The zero-order valence-corrected chi connectivity index (χ0v) is 15.4. The van der Waals surface area contributed by atoms with Crippen LogP contribution in [0.2, 0.25) is 5.02 Å². The van der Waals surface area contributed by atoms with Crippen LogP contribution >= 0.6 is 11.6 Å². The number of hydrogen-bond acceptors (Lipinski definition) is 5. The van der Waals surface area contributed by atoms with Crippen LogP contribution in [-0.2, 0) is 11.3 Å². The van der Waals surface area contributed by atoms with Gasteiger partial charge in [-0.3, -0.25) is 9.69 Å². The Labute approximate surface area is 156 Å². The van der Waals surface area contributed by atoms with Crippen LogP contribution in [0, 0.1) is 12.7 Å². The zero-order valence-electron chi connectivity index (χ0n) is 14.7. The van der Waals surface area contributed by atoms with Crippen LogP contribution in [0.1, 0.15) is 17.7 Å². The molecule has 1 aliphatic rings. The summed E-state index contributed by atoms with van der Waals surface area (Å²) in [7, 11) is 0. The van der Waals surface area contributed by atoms with E-state index in [0.717, 1.165) is 31.7 Å². The Hall–Kier alpha value is -1.96. The summed E-state index contributed by atoms with van der Waals surface area (Å²) in [5.74, 6) is 0.729. The molecular weight excluding hydrogens is 359 g/mol. The third-order valence-corrected chi connectivity index (χ3v) is 4.78. The van der Waals surface area contributed by atoms with Crippen LogP contribution in [0.3, 0.4) is 0 Å². The maximum atomic E-state index is 13.1. The third-order valence-electron chi connectivity index (χ3n) is 4.42. The van der Waals surface area contributed by atoms with E-state index in [1.807, 2.05) is 0 Å². The lowest BCUT2D eigenvalue weighted by Crippen LogP contribution is -2.46. The molecule has 0 aliphatic carbocycles. The Bertz CT molecular complexity index is 759. The normalized spacial score (nSPS) is 16.0. The molecule has 6 nitrogen and oxygen atoms in total. The molecule has 1 aromatic carbocycles. The summed E-state index contributed by atoms with van der Waals surface area (Å²) in [5, 5.41) is 6.94. The predicted molar refractivity (Wildman–Crippen MR) is 97.6 cm³/mol. The van der Waals surface area contributed by atoms with Gasteiger partial charge in [-0.2, -0.15) is 0 Å². The number of piperazine rings is 1. The molecule has 0 spiro atoms. The summed E-state index contributed by atoms with van der Waals surface area (Å²) in [6.07, 6.45) is 0.412. The fraction of sp³-hybridized carbons (Fsp3) is 0.444. The van der Waals surface area contributed by atoms with Gasteiger partial charge in [0.15, 0.2) is 5.82 Å². The van der Waals surface area contributed by atoms with Crippen LogP contribution in [0.15, 0.2) is 28.8 Å². The fourth-order valence-electron chi connectivity index (χ4n) is 2.95. The highest BCUT2D eigenvalue weighted by Crippen LogP contribution is 2.19. The Morgan fingerprint density at radius 1 is 1.27 bits per heavy atom. The van der Waals surface area contributed by atoms with Crippen molar-refractivity contribution >= 4 is 23.3 Å². The van der Waals surface area contributed by atoms with Crippen molar-refractivity contribution < 1.29 is 13.7 Å². The molecule has 0 unspecified atom stereocenters. The Balaban J connectivity index is 1.39. The first-order valence-corrected chi connectivity index (χ1v) is 8.99. The van der Waals surface area contributed by atoms with Gasteiger partial charge in [0, 0.05) is 56.8 Å². The van der Waals surface area contributed by atoms with Gasteiger partial charge in [0.25, 0.3) is 0 Å². The first kappa shape index (κ1) is 18.8. The summed E-state index contributed by atoms with van der Waals surface area (Å²) in [6, 6.07) is 6.21. The second-order valence-corrected chi connectivity index (χ2v) is 6.88. The minimum absolute atomic E-state index is 0.0705. The fourth-order valence-corrected chi connectivity index (χ4v) is 3.18. The first-order valence-electron chi connectivity index (χ1n) is 8.61. The monoisotopic (exact) mass is 380 g/mol. The summed E-state index contributed by atoms with van der Waals surface area (Å²) in [4.78, 5) is 16.5. The van der Waals surface area contributed by atoms with Gasteiger partial charge in [0.05, 0.1) is 0 Å². The van der Waals surface area contributed by atoms with Crippen molar-refractivity contribution in [1.29, 1.82) is 0 Å². The van der Waals surface area contributed by atoms with Crippen LogP contribution in [-0.4, -0.2) is 53.6 Å². The van der Waals surface area contributed by atoms with Gasteiger partial charge in [-0.25, -0.2) is 4.39 Å². The van der Waals surface area contributed by atoms with Crippen molar-refractivity contribution in [3.8, 4) is 0 Å². The molecule has 1 aromatic heterocycles. The van der Waals surface area contributed by atoms with Crippen LogP contribution in [0.5, 0.6) is 0 Å². The third kappa shape index (κ3) is 5.27. The predicted octanol–water partition coefficient (Wildman–Crippen LogP) is 2.92. The molecule has 3 rings (SSSR count). The van der Waals surface area contributed by atoms with Crippen LogP contribution in [0.25, 0.3) is 0 Å². The lowest BCUT2D eigenvalue weighted by Gasteiger charge is -2.34. The number of aryl methyl sites for hydroxylation is 1. The number of anilines is 1. The molecule has 1 saturated heterocycles. The minimum atomic E-state index is -0.317. The molecule has 8 heteroatoms. The molecular formula is C18H22ClFN4O2. The Kier molecular flexibility index (Phi) is 6.24. The van der Waals surface area contributed by atoms with E-state index in [4.69, 9.17) is 16.1 Å². The summed E-state index contributed by atoms with van der Waals surface area (Å²) < 4.78 is 18.0. The molecule has 1 amide bonds. The first-order chi connectivity index (χ1) is 12.5. The van der Waals surface area contributed by atoms with E-state index >= 15 is 0 Å². The van der Waals surface area contributed by atoms with E-state index in [1.165, 1.54) is 12.1 Å². The quantitative estimate of drug-likeness (QED) is 0.834. The van der Waals surface area contributed by atoms with Gasteiger partial charge < -0.3 is 14.7 Å². The molecule has 1 N–H and O–H groups in total. The largest absolute Gasteiger partial charge is 0.360 e. The summed E-state index contributed by atoms with van der Waals surface area (Å²) >= 11 is 6.10. The maximum absolute atomic E-state index is 13.1. The number of rotatable bonds is 6. The van der Waals surface area contributed by atoms with Gasteiger partial charge in [-0.1, -0.05) is 22.8 Å². The van der Waals surface area contributed by atoms with Gasteiger partial charge in [-0.15, -0.1) is 0 Å². The molecule has 0 bridgehead atoms. The molecule has 0 radical (unpaired) electrons. The van der Waals surface area contributed by atoms with Crippen molar-refractivity contribution in [1.82, 2.24) is 15.0 Å². The number of hydrogen-bond donors (Lipinski definition) is 1. The van der Waals surface area contributed by atoms with E-state index in [2.05, 4.69) is 20.3 Å². The highest BCUT2D eigenvalue weighted by Gasteiger charge is 2.18. The molecule has 0 atom stereocenters. The number of benzene rings is 1. The molecule has 1 aliphatic heterocycles. The maximum Gasteiger partial charge on any atom is 0.226 e. The van der Waals surface area contributed by atoms with Gasteiger partial charge in [-0.05, 0) is 24.6 Å². The molecule has 26 heavy (non-hydrogen) atoms. The van der Waals surface area contributed by atoms with Crippen molar-refractivity contribution in [2.24, 2.45) is 0 Å². The van der Waals surface area contributed by atoms with Crippen molar-refractivity contribution in [2.45, 2.75) is 19.9 Å². The van der Waals surface area contributed by atoms with Gasteiger partial charge in [0.1, 0.15) is 11.6 Å². The van der Waals surface area contributed by atoms with Crippen molar-refractivity contribution in [3.63, 3.8) is 0 Å². The Morgan fingerprint density at radius 3 is 2.65 bits per heavy atom. The van der Waals surface area contributed by atoms with E-state index in [-0.39, 0.29) is 11.7 Å². The van der Waals surface area contributed by atoms with Crippen molar-refractivity contribution in [2.75, 3.05) is 38.0 Å². The number of amides is 1. The SMILES string of the molecule is Cc1cc(NC(=O)CCN2CCN(Cc3ccc(F)cc3Cl)CC2)no1. The molecule has 140 valence electrons. The Morgan fingerprint density at radius 2 is 2.00 bits per heavy atom. The number of halogens is 2. The van der Waals surface area contributed by atoms with Gasteiger partial charge in [0.2, 0.25) is 5.91 Å². The zero-order chi connectivity index (χ0) is 18.5. The van der Waals surface area contributed by atoms with E-state index in [9.17, 15) is 9.18 Å². The summed E-state index contributed by atoms with van der Waals surface area (Å²) in [5.41, 5.74) is 0.934. The highest BCUT2D eigenvalue weighted by molar-refractivity contribution is 6.31. The lowest BCUT2D eigenvalue weighted by atomic mass is 10.2. The lowest BCUT2D eigenvalue weighted by molar-refractivity contribution is -0.116. The summed E-state index contributed by atoms with van der Waals surface area (Å²) in [6.45, 7) is 6.73. The van der Waals surface area contributed by atoms with E-state index < -0.39 is 0 Å².